The highest BCUT2D eigenvalue weighted by Gasteiger charge is 2.26. The quantitative estimate of drug-likeness (QED) is 0.444. The third kappa shape index (κ3) is 6.22. The molecule has 2 aromatic rings. The van der Waals surface area contributed by atoms with E-state index in [0.29, 0.717) is 15.6 Å². The van der Waals surface area contributed by atoms with Crippen LogP contribution < -0.4 is 14.8 Å². The van der Waals surface area contributed by atoms with Gasteiger partial charge in [-0.3, -0.25) is 19.7 Å². The van der Waals surface area contributed by atoms with Gasteiger partial charge in [0.15, 0.2) is 6.61 Å². The van der Waals surface area contributed by atoms with E-state index in [4.69, 9.17) is 32.7 Å². The standard InChI is InChI=1S/C20H21Cl2N3O6/c1-12(20(27)23-2)24(10-13-4-6-15(21)16(22)8-13)19(26)11-31-14-5-7-17(25(28)29)18(9-14)30-3/h4-9,12H,10-11H2,1-3H3,(H,23,27). The summed E-state index contributed by atoms with van der Waals surface area (Å²) >= 11 is 12.0. The first kappa shape index (κ1) is 24.2. The number of ether oxygens (including phenoxy) is 2. The zero-order valence-corrected chi connectivity index (χ0v) is 18.6. The molecule has 0 bridgehead atoms. The maximum atomic E-state index is 12.9. The number of halogens is 2. The van der Waals surface area contributed by atoms with E-state index in [1.54, 1.807) is 25.1 Å². The average molecular weight is 470 g/mol. The van der Waals surface area contributed by atoms with E-state index < -0.39 is 23.5 Å². The summed E-state index contributed by atoms with van der Waals surface area (Å²) in [6.45, 7) is 1.28. The molecule has 0 aliphatic carbocycles. The Balaban J connectivity index is 2.19. The molecule has 166 valence electrons. The highest BCUT2D eigenvalue weighted by Crippen LogP contribution is 2.31. The second kappa shape index (κ2) is 10.8. The smallest absolute Gasteiger partial charge is 0.311 e. The van der Waals surface area contributed by atoms with E-state index in [2.05, 4.69) is 5.32 Å². The van der Waals surface area contributed by atoms with E-state index in [1.165, 1.54) is 37.3 Å². The van der Waals surface area contributed by atoms with Crippen molar-refractivity contribution in [3.63, 3.8) is 0 Å². The molecule has 0 aliphatic rings. The number of methoxy groups -OCH3 is 1. The third-order valence-corrected chi connectivity index (χ3v) is 5.20. The van der Waals surface area contributed by atoms with Gasteiger partial charge in [-0.1, -0.05) is 29.3 Å². The Kier molecular flexibility index (Phi) is 8.47. The van der Waals surface area contributed by atoms with Gasteiger partial charge >= 0.3 is 5.69 Å². The molecule has 0 heterocycles. The molecular weight excluding hydrogens is 449 g/mol. The predicted octanol–water partition coefficient (Wildman–Crippen LogP) is 3.45. The molecule has 0 aromatic heterocycles. The molecule has 0 saturated heterocycles. The van der Waals surface area contributed by atoms with Crippen LogP contribution in [0.15, 0.2) is 36.4 Å². The number of carbonyl (C=O) groups is 2. The van der Waals surface area contributed by atoms with Crippen molar-refractivity contribution < 1.29 is 24.0 Å². The number of nitrogens with one attached hydrogen (secondary N) is 1. The Morgan fingerprint density at radius 3 is 2.48 bits per heavy atom. The minimum absolute atomic E-state index is 0.00124. The molecule has 1 atom stereocenters. The first-order chi connectivity index (χ1) is 14.7. The second-order valence-electron chi connectivity index (χ2n) is 6.44. The van der Waals surface area contributed by atoms with Crippen molar-refractivity contribution in [1.82, 2.24) is 10.2 Å². The summed E-state index contributed by atoms with van der Waals surface area (Å²) in [7, 11) is 2.77. The molecule has 1 unspecified atom stereocenters. The van der Waals surface area contributed by atoms with E-state index in [0.717, 1.165) is 0 Å². The van der Waals surface area contributed by atoms with Crippen LogP contribution in [0.2, 0.25) is 10.0 Å². The molecule has 0 spiro atoms. The van der Waals surface area contributed by atoms with Crippen molar-refractivity contribution in [3.8, 4) is 11.5 Å². The number of nitro groups is 1. The molecule has 2 rings (SSSR count). The monoisotopic (exact) mass is 469 g/mol. The first-order valence-electron chi connectivity index (χ1n) is 9.08. The van der Waals surface area contributed by atoms with Gasteiger partial charge in [-0.2, -0.15) is 0 Å². The molecule has 0 fully saturated rings. The van der Waals surface area contributed by atoms with Gasteiger partial charge in [0.1, 0.15) is 11.8 Å². The molecule has 31 heavy (non-hydrogen) atoms. The fourth-order valence-corrected chi connectivity index (χ4v) is 3.07. The van der Waals surface area contributed by atoms with Crippen LogP contribution in [0.4, 0.5) is 5.69 Å². The average Bonchev–Trinajstić information content (AvgIpc) is 2.76. The Labute approximate surface area is 189 Å². The van der Waals surface area contributed by atoms with E-state index in [9.17, 15) is 19.7 Å². The van der Waals surface area contributed by atoms with Crippen LogP contribution in [0.1, 0.15) is 12.5 Å². The summed E-state index contributed by atoms with van der Waals surface area (Å²) < 4.78 is 10.5. The van der Waals surface area contributed by atoms with Crippen molar-refractivity contribution >= 4 is 40.7 Å². The zero-order valence-electron chi connectivity index (χ0n) is 17.1. The summed E-state index contributed by atoms with van der Waals surface area (Å²) in [6, 6.07) is 8.03. The molecule has 1 N–H and O–H groups in total. The lowest BCUT2D eigenvalue weighted by atomic mass is 10.1. The van der Waals surface area contributed by atoms with Crippen LogP contribution in [-0.4, -0.2) is 48.4 Å². The van der Waals surface area contributed by atoms with Crippen LogP contribution in [0, 0.1) is 10.1 Å². The number of amides is 2. The predicted molar refractivity (Wildman–Crippen MR) is 116 cm³/mol. The van der Waals surface area contributed by atoms with E-state index >= 15 is 0 Å². The fraction of sp³-hybridized carbons (Fsp3) is 0.300. The van der Waals surface area contributed by atoms with Crippen LogP contribution in [0.25, 0.3) is 0 Å². The maximum absolute atomic E-state index is 12.9. The lowest BCUT2D eigenvalue weighted by Crippen LogP contribution is -2.48. The first-order valence-corrected chi connectivity index (χ1v) is 9.83. The normalized spacial score (nSPS) is 11.4. The van der Waals surface area contributed by atoms with Gasteiger partial charge in [-0.05, 0) is 30.7 Å². The van der Waals surface area contributed by atoms with Gasteiger partial charge in [-0.15, -0.1) is 0 Å². The molecule has 0 radical (unpaired) electrons. The van der Waals surface area contributed by atoms with Crippen molar-refractivity contribution in [3.05, 3.63) is 62.1 Å². The highest BCUT2D eigenvalue weighted by atomic mass is 35.5. The summed E-state index contributed by atoms with van der Waals surface area (Å²) in [5.74, 6) is -0.621. The second-order valence-corrected chi connectivity index (χ2v) is 7.25. The maximum Gasteiger partial charge on any atom is 0.311 e. The number of hydrogen-bond acceptors (Lipinski definition) is 6. The van der Waals surface area contributed by atoms with Gasteiger partial charge in [0, 0.05) is 25.7 Å². The summed E-state index contributed by atoms with van der Waals surface area (Å²) in [5, 5.41) is 14.2. The number of nitrogens with zero attached hydrogens (tertiary/aromatic N) is 2. The molecule has 2 aromatic carbocycles. The lowest BCUT2D eigenvalue weighted by Gasteiger charge is -2.28. The number of carbonyl (C=O) groups excluding carboxylic acids is 2. The molecule has 0 aliphatic heterocycles. The van der Waals surface area contributed by atoms with E-state index in [-0.39, 0.29) is 29.6 Å². The van der Waals surface area contributed by atoms with Crippen LogP contribution in [0.5, 0.6) is 11.5 Å². The highest BCUT2D eigenvalue weighted by molar-refractivity contribution is 6.42. The van der Waals surface area contributed by atoms with Crippen molar-refractivity contribution in [2.45, 2.75) is 19.5 Å². The van der Waals surface area contributed by atoms with Crippen LogP contribution in [-0.2, 0) is 16.1 Å². The van der Waals surface area contributed by atoms with Gasteiger partial charge in [0.25, 0.3) is 5.91 Å². The minimum atomic E-state index is -0.790. The van der Waals surface area contributed by atoms with Gasteiger partial charge in [0.05, 0.1) is 22.1 Å². The van der Waals surface area contributed by atoms with E-state index in [1.807, 2.05) is 0 Å². The van der Waals surface area contributed by atoms with Crippen molar-refractivity contribution in [2.24, 2.45) is 0 Å². The lowest BCUT2D eigenvalue weighted by molar-refractivity contribution is -0.385. The third-order valence-electron chi connectivity index (χ3n) is 4.46. The topological polar surface area (TPSA) is 111 Å². The molecule has 2 amide bonds. The Hall–Kier alpha value is -3.04. The van der Waals surface area contributed by atoms with Gasteiger partial charge < -0.3 is 19.7 Å². The van der Waals surface area contributed by atoms with Gasteiger partial charge in [-0.25, -0.2) is 0 Å². The van der Waals surface area contributed by atoms with Crippen LogP contribution in [0.3, 0.4) is 0 Å². The summed E-state index contributed by atoms with van der Waals surface area (Å²) in [5.41, 5.74) is 0.450. The Morgan fingerprint density at radius 2 is 1.90 bits per heavy atom. The number of benzene rings is 2. The number of hydrogen-bond donors (Lipinski definition) is 1. The Morgan fingerprint density at radius 1 is 1.19 bits per heavy atom. The van der Waals surface area contributed by atoms with Gasteiger partial charge in [0.2, 0.25) is 11.7 Å². The van der Waals surface area contributed by atoms with Crippen molar-refractivity contribution in [1.29, 1.82) is 0 Å². The molecule has 0 saturated carbocycles. The molecule has 11 heteroatoms. The SMILES string of the molecule is CNC(=O)C(C)N(Cc1ccc(Cl)c(Cl)c1)C(=O)COc1ccc([N+](=O)[O-])c(OC)c1. The van der Waals surface area contributed by atoms with Crippen LogP contribution >= 0.6 is 23.2 Å². The Bertz CT molecular complexity index is 985. The fourth-order valence-electron chi connectivity index (χ4n) is 2.75. The van der Waals surface area contributed by atoms with Crippen molar-refractivity contribution in [2.75, 3.05) is 20.8 Å². The molecular formula is C20H21Cl2N3O6. The number of likely N-dealkylation sites (N-methyl/N-ethyl adjacent to an activating group) is 1. The number of rotatable bonds is 9. The summed E-state index contributed by atoms with van der Waals surface area (Å²) in [4.78, 5) is 36.8. The largest absolute Gasteiger partial charge is 0.490 e. The number of nitro benzene ring substituents is 1. The molecule has 9 nitrogen and oxygen atoms in total. The summed E-state index contributed by atoms with van der Waals surface area (Å²) in [6.07, 6.45) is 0. The minimum Gasteiger partial charge on any atom is -0.490 e. The zero-order chi connectivity index (χ0) is 23.1.